The molecule has 0 bridgehead atoms. The van der Waals surface area contributed by atoms with Gasteiger partial charge < -0.3 is 14.8 Å². The van der Waals surface area contributed by atoms with Gasteiger partial charge in [-0.1, -0.05) is 23.7 Å². The highest BCUT2D eigenvalue weighted by molar-refractivity contribution is 7.89. The van der Waals surface area contributed by atoms with Crippen molar-refractivity contribution in [3.8, 4) is 5.75 Å². The van der Waals surface area contributed by atoms with E-state index in [1.54, 1.807) is 36.4 Å². The second-order valence-electron chi connectivity index (χ2n) is 6.26. The Morgan fingerprint density at radius 3 is 2.48 bits per heavy atom. The van der Waals surface area contributed by atoms with Crippen LogP contribution in [0.1, 0.15) is 5.56 Å². The summed E-state index contributed by atoms with van der Waals surface area (Å²) in [6.45, 7) is 1.49. The summed E-state index contributed by atoms with van der Waals surface area (Å²) in [5.41, 5.74) is 1.24. The van der Waals surface area contributed by atoms with Gasteiger partial charge in [0.2, 0.25) is 15.9 Å². The number of nitrogens with zero attached hydrogens (tertiary/aromatic N) is 1. The van der Waals surface area contributed by atoms with Crippen LogP contribution in [0.15, 0.2) is 53.4 Å². The third-order valence-corrected chi connectivity index (χ3v) is 6.54. The average molecular weight is 437 g/mol. The summed E-state index contributed by atoms with van der Waals surface area (Å²) < 4.78 is 36.9. The van der Waals surface area contributed by atoms with Gasteiger partial charge in [0, 0.05) is 24.9 Å². The number of anilines is 1. The second-order valence-corrected chi connectivity index (χ2v) is 8.60. The summed E-state index contributed by atoms with van der Waals surface area (Å²) in [5, 5.41) is 3.10. The minimum atomic E-state index is -3.53. The lowest BCUT2D eigenvalue weighted by atomic mass is 10.2. The molecule has 0 unspecified atom stereocenters. The number of carbonyl (C=O) groups excluding carboxylic acids is 1. The molecule has 1 aliphatic heterocycles. The Morgan fingerprint density at radius 2 is 1.86 bits per heavy atom. The topological polar surface area (TPSA) is 84.9 Å². The van der Waals surface area contributed by atoms with Crippen molar-refractivity contribution in [2.75, 3.05) is 38.7 Å². The van der Waals surface area contributed by atoms with Crippen LogP contribution in [0.25, 0.3) is 6.08 Å². The first-order valence-electron chi connectivity index (χ1n) is 8.91. The quantitative estimate of drug-likeness (QED) is 0.703. The third-order valence-electron chi connectivity index (χ3n) is 4.33. The van der Waals surface area contributed by atoms with Crippen molar-refractivity contribution in [3.05, 3.63) is 59.1 Å². The molecular weight excluding hydrogens is 416 g/mol. The predicted octanol–water partition coefficient (Wildman–Crippen LogP) is 3.02. The molecule has 1 fully saturated rings. The lowest BCUT2D eigenvalue weighted by Gasteiger charge is -2.26. The van der Waals surface area contributed by atoms with Crippen molar-refractivity contribution < 1.29 is 22.7 Å². The molecule has 1 N–H and O–H groups in total. The normalized spacial score (nSPS) is 15.4. The molecule has 29 heavy (non-hydrogen) atoms. The molecular formula is C20H21ClN2O5S. The van der Waals surface area contributed by atoms with Crippen molar-refractivity contribution in [2.24, 2.45) is 0 Å². The van der Waals surface area contributed by atoms with Gasteiger partial charge in [0.15, 0.2) is 0 Å². The van der Waals surface area contributed by atoms with E-state index in [4.69, 9.17) is 21.1 Å². The highest BCUT2D eigenvalue weighted by Gasteiger charge is 2.25. The molecule has 2 aromatic carbocycles. The number of benzene rings is 2. The van der Waals surface area contributed by atoms with Gasteiger partial charge in [0.05, 0.1) is 30.2 Å². The standard InChI is InChI=1S/C20H21ClN2O5S/c1-27-19-8-5-16(14-18(19)21)22-20(24)9-4-15-2-6-17(7-3-15)29(25,26)23-10-12-28-13-11-23/h2-9,14H,10-13H2,1H3,(H,22,24)/b9-4+. The fourth-order valence-electron chi connectivity index (χ4n) is 2.79. The summed E-state index contributed by atoms with van der Waals surface area (Å²) in [7, 11) is -2.02. The number of hydrogen-bond donors (Lipinski definition) is 1. The zero-order valence-corrected chi connectivity index (χ0v) is 17.4. The van der Waals surface area contributed by atoms with Gasteiger partial charge in [0.25, 0.3) is 0 Å². The Balaban J connectivity index is 1.63. The number of morpholine rings is 1. The number of ether oxygens (including phenoxy) is 2. The van der Waals surface area contributed by atoms with Crippen LogP contribution in [0.2, 0.25) is 5.02 Å². The summed E-state index contributed by atoms with van der Waals surface area (Å²) in [6, 6.07) is 11.3. The van der Waals surface area contributed by atoms with E-state index >= 15 is 0 Å². The Kier molecular flexibility index (Phi) is 6.92. The van der Waals surface area contributed by atoms with Crippen molar-refractivity contribution >= 4 is 39.3 Å². The van der Waals surface area contributed by atoms with E-state index in [2.05, 4.69) is 5.32 Å². The number of amides is 1. The maximum absolute atomic E-state index is 12.6. The van der Waals surface area contributed by atoms with Crippen LogP contribution in [0.5, 0.6) is 5.75 Å². The van der Waals surface area contributed by atoms with E-state index in [9.17, 15) is 13.2 Å². The monoisotopic (exact) mass is 436 g/mol. The first kappa shape index (κ1) is 21.3. The minimum Gasteiger partial charge on any atom is -0.495 e. The lowest BCUT2D eigenvalue weighted by molar-refractivity contribution is -0.111. The molecule has 1 heterocycles. The van der Waals surface area contributed by atoms with Gasteiger partial charge in [-0.3, -0.25) is 4.79 Å². The zero-order chi connectivity index (χ0) is 20.9. The minimum absolute atomic E-state index is 0.217. The van der Waals surface area contributed by atoms with Crippen LogP contribution in [-0.2, 0) is 19.6 Å². The zero-order valence-electron chi connectivity index (χ0n) is 15.8. The SMILES string of the molecule is COc1ccc(NC(=O)/C=C/c2ccc(S(=O)(=O)N3CCOCC3)cc2)cc1Cl. The van der Waals surface area contributed by atoms with Crippen LogP contribution >= 0.6 is 11.6 Å². The van der Waals surface area contributed by atoms with Gasteiger partial charge in [-0.2, -0.15) is 4.31 Å². The molecule has 1 amide bonds. The molecule has 0 radical (unpaired) electrons. The number of hydrogen-bond acceptors (Lipinski definition) is 5. The van der Waals surface area contributed by atoms with Crippen LogP contribution in [-0.4, -0.2) is 52.0 Å². The summed E-state index contributed by atoms with van der Waals surface area (Å²) in [6.07, 6.45) is 2.97. The molecule has 0 spiro atoms. The van der Waals surface area contributed by atoms with Crippen LogP contribution in [0.3, 0.4) is 0 Å². The van der Waals surface area contributed by atoms with E-state index in [0.717, 1.165) is 0 Å². The van der Waals surface area contributed by atoms with Gasteiger partial charge in [-0.25, -0.2) is 8.42 Å². The average Bonchev–Trinajstić information content (AvgIpc) is 2.73. The van der Waals surface area contributed by atoms with Crippen LogP contribution < -0.4 is 10.1 Å². The highest BCUT2D eigenvalue weighted by Crippen LogP contribution is 2.27. The van der Waals surface area contributed by atoms with Crippen molar-refractivity contribution in [3.63, 3.8) is 0 Å². The first-order valence-corrected chi connectivity index (χ1v) is 10.7. The van der Waals surface area contributed by atoms with Gasteiger partial charge >= 0.3 is 0 Å². The Bertz CT molecular complexity index is 1000. The van der Waals surface area contributed by atoms with Crippen molar-refractivity contribution in [1.82, 2.24) is 4.31 Å². The maximum atomic E-state index is 12.6. The Morgan fingerprint density at radius 1 is 1.17 bits per heavy atom. The molecule has 3 rings (SSSR count). The van der Waals surface area contributed by atoms with E-state index in [1.807, 2.05) is 0 Å². The number of sulfonamides is 1. The van der Waals surface area contributed by atoms with E-state index in [0.29, 0.717) is 48.3 Å². The smallest absolute Gasteiger partial charge is 0.248 e. The summed E-state index contributed by atoms with van der Waals surface area (Å²) in [5.74, 6) is 0.184. The number of nitrogens with one attached hydrogen (secondary N) is 1. The lowest BCUT2D eigenvalue weighted by Crippen LogP contribution is -2.40. The molecule has 0 aliphatic carbocycles. The summed E-state index contributed by atoms with van der Waals surface area (Å²) >= 11 is 6.04. The van der Waals surface area contributed by atoms with E-state index in [1.165, 1.54) is 29.6 Å². The number of methoxy groups -OCH3 is 1. The molecule has 7 nitrogen and oxygen atoms in total. The van der Waals surface area contributed by atoms with Gasteiger partial charge in [-0.05, 0) is 42.0 Å². The molecule has 9 heteroatoms. The molecule has 1 aliphatic rings. The summed E-state index contributed by atoms with van der Waals surface area (Å²) in [4.78, 5) is 12.3. The van der Waals surface area contributed by atoms with Crippen LogP contribution in [0, 0.1) is 0 Å². The number of rotatable bonds is 6. The Labute approximate surface area is 174 Å². The number of halogens is 1. The largest absolute Gasteiger partial charge is 0.495 e. The van der Waals surface area contributed by atoms with Crippen molar-refractivity contribution in [2.45, 2.75) is 4.90 Å². The molecule has 0 atom stereocenters. The second kappa shape index (κ2) is 9.41. The van der Waals surface area contributed by atoms with Gasteiger partial charge in [0.1, 0.15) is 5.75 Å². The molecule has 154 valence electrons. The molecule has 0 aromatic heterocycles. The van der Waals surface area contributed by atoms with E-state index < -0.39 is 10.0 Å². The molecule has 0 saturated carbocycles. The van der Waals surface area contributed by atoms with Gasteiger partial charge in [-0.15, -0.1) is 0 Å². The predicted molar refractivity (Wildman–Crippen MR) is 112 cm³/mol. The van der Waals surface area contributed by atoms with E-state index in [-0.39, 0.29) is 10.8 Å². The highest BCUT2D eigenvalue weighted by atomic mass is 35.5. The molecule has 1 saturated heterocycles. The molecule has 2 aromatic rings. The van der Waals surface area contributed by atoms with Crippen molar-refractivity contribution in [1.29, 1.82) is 0 Å². The fourth-order valence-corrected chi connectivity index (χ4v) is 4.45. The Hall–Kier alpha value is -2.39. The first-order chi connectivity index (χ1) is 13.9. The number of carbonyl (C=O) groups is 1. The maximum Gasteiger partial charge on any atom is 0.248 e. The third kappa shape index (κ3) is 5.36. The van der Waals surface area contributed by atoms with Crippen LogP contribution in [0.4, 0.5) is 5.69 Å². The fraction of sp³-hybridized carbons (Fsp3) is 0.250.